The number of sulfone groups is 1. The zero-order chi connectivity index (χ0) is 17.4. The van der Waals surface area contributed by atoms with Crippen LogP contribution in [0.3, 0.4) is 0 Å². The van der Waals surface area contributed by atoms with Crippen LogP contribution in [0.5, 0.6) is 0 Å². The maximum Gasteiger partial charge on any atom is 0.198 e. The van der Waals surface area contributed by atoms with Crippen molar-refractivity contribution in [2.75, 3.05) is 19.3 Å². The first-order chi connectivity index (χ1) is 12.0. The Morgan fingerprint density at radius 2 is 1.72 bits per heavy atom. The number of hydrogen-bond donors (Lipinski definition) is 1. The predicted octanol–water partition coefficient (Wildman–Crippen LogP) is 3.37. The maximum atomic E-state index is 11.6. The Balaban J connectivity index is 1.66. The Morgan fingerprint density at radius 3 is 2.40 bits per heavy atom. The molecule has 130 valence electrons. The molecule has 1 aliphatic rings. The molecule has 0 aliphatic carbocycles. The Morgan fingerprint density at radius 1 is 1.04 bits per heavy atom. The van der Waals surface area contributed by atoms with Crippen molar-refractivity contribution >= 4 is 20.9 Å². The molecule has 1 aromatic heterocycles. The van der Waals surface area contributed by atoms with E-state index in [1.807, 2.05) is 30.3 Å². The molecule has 1 saturated heterocycles. The third kappa shape index (κ3) is 3.32. The van der Waals surface area contributed by atoms with Gasteiger partial charge in [-0.25, -0.2) is 13.4 Å². The average molecular weight is 356 g/mol. The van der Waals surface area contributed by atoms with Crippen molar-refractivity contribution in [1.82, 2.24) is 10.3 Å². The summed E-state index contributed by atoms with van der Waals surface area (Å²) in [6, 6.07) is 12.8. The van der Waals surface area contributed by atoms with Gasteiger partial charge in [-0.3, -0.25) is 0 Å². The summed E-state index contributed by atoms with van der Waals surface area (Å²) in [7, 11) is -3.18. The van der Waals surface area contributed by atoms with Crippen LogP contribution in [0.4, 0.5) is 0 Å². The molecule has 0 unspecified atom stereocenters. The lowest BCUT2D eigenvalue weighted by Crippen LogP contribution is -2.26. The van der Waals surface area contributed by atoms with Crippen molar-refractivity contribution in [2.24, 2.45) is 0 Å². The first-order valence-electron chi connectivity index (χ1n) is 8.42. The number of nitrogens with zero attached hydrogens (tertiary/aromatic N) is 1. The first-order valence-corrected chi connectivity index (χ1v) is 10.3. The van der Waals surface area contributed by atoms with Crippen LogP contribution in [0.1, 0.15) is 24.7 Å². The standard InChI is InChI=1S/C19H20N2O3S/c1-25(22,23)16-5-2-13(3-6-16)15-4-7-18-17(12-15)21-19(24-18)14-8-10-20-11-9-14/h2-7,12,14,20H,8-11H2,1H3. The fourth-order valence-electron chi connectivity index (χ4n) is 3.26. The van der Waals surface area contributed by atoms with Gasteiger partial charge in [-0.15, -0.1) is 0 Å². The summed E-state index contributed by atoms with van der Waals surface area (Å²) in [5.41, 5.74) is 3.60. The van der Waals surface area contributed by atoms with E-state index in [0.29, 0.717) is 10.8 Å². The molecule has 1 N–H and O–H groups in total. The SMILES string of the molecule is CS(=O)(=O)c1ccc(-c2ccc3oc(C4CCNCC4)nc3c2)cc1. The number of hydrogen-bond acceptors (Lipinski definition) is 5. The summed E-state index contributed by atoms with van der Waals surface area (Å²) in [4.78, 5) is 5.01. The lowest BCUT2D eigenvalue weighted by Gasteiger charge is -2.19. The largest absolute Gasteiger partial charge is 0.440 e. The van der Waals surface area contributed by atoms with Crippen LogP contribution < -0.4 is 5.32 Å². The van der Waals surface area contributed by atoms with Gasteiger partial charge in [0, 0.05) is 12.2 Å². The summed E-state index contributed by atoms with van der Waals surface area (Å²) in [6.07, 6.45) is 3.31. The Bertz CT molecular complexity index is 1000. The van der Waals surface area contributed by atoms with E-state index in [2.05, 4.69) is 10.3 Å². The molecule has 0 radical (unpaired) electrons. The molecule has 0 spiro atoms. The van der Waals surface area contributed by atoms with Gasteiger partial charge < -0.3 is 9.73 Å². The van der Waals surface area contributed by atoms with Gasteiger partial charge in [-0.05, 0) is 61.3 Å². The number of nitrogens with one attached hydrogen (secondary N) is 1. The van der Waals surface area contributed by atoms with Gasteiger partial charge >= 0.3 is 0 Å². The van der Waals surface area contributed by atoms with Crippen molar-refractivity contribution in [3.63, 3.8) is 0 Å². The topological polar surface area (TPSA) is 72.2 Å². The van der Waals surface area contributed by atoms with E-state index in [9.17, 15) is 8.42 Å². The minimum atomic E-state index is -3.18. The highest BCUT2D eigenvalue weighted by Gasteiger charge is 2.20. The molecule has 4 rings (SSSR count). The molecule has 0 amide bonds. The van der Waals surface area contributed by atoms with E-state index in [1.165, 1.54) is 6.26 Å². The van der Waals surface area contributed by atoms with E-state index >= 15 is 0 Å². The van der Waals surface area contributed by atoms with Gasteiger partial charge in [-0.1, -0.05) is 18.2 Å². The average Bonchev–Trinajstić information content (AvgIpc) is 3.05. The van der Waals surface area contributed by atoms with Gasteiger partial charge in [0.15, 0.2) is 21.3 Å². The van der Waals surface area contributed by atoms with Gasteiger partial charge in [-0.2, -0.15) is 0 Å². The molecule has 3 aromatic rings. The van der Waals surface area contributed by atoms with Crippen LogP contribution >= 0.6 is 0 Å². The number of fused-ring (bicyclic) bond motifs is 1. The minimum Gasteiger partial charge on any atom is -0.440 e. The highest BCUT2D eigenvalue weighted by Crippen LogP contribution is 2.30. The van der Waals surface area contributed by atoms with Crippen LogP contribution in [0.15, 0.2) is 51.8 Å². The third-order valence-corrected chi connectivity index (χ3v) is 5.84. The Kier molecular flexibility index (Phi) is 4.09. The summed E-state index contributed by atoms with van der Waals surface area (Å²) in [5.74, 6) is 1.20. The second-order valence-electron chi connectivity index (χ2n) is 6.56. The third-order valence-electron chi connectivity index (χ3n) is 4.71. The predicted molar refractivity (Wildman–Crippen MR) is 97.4 cm³/mol. The van der Waals surface area contributed by atoms with Gasteiger partial charge in [0.05, 0.1) is 4.90 Å². The van der Waals surface area contributed by atoms with Crippen LogP contribution in [0.2, 0.25) is 0 Å². The molecule has 1 fully saturated rings. The van der Waals surface area contributed by atoms with Crippen molar-refractivity contribution < 1.29 is 12.8 Å². The molecule has 0 bridgehead atoms. The smallest absolute Gasteiger partial charge is 0.198 e. The van der Waals surface area contributed by atoms with Crippen LogP contribution in [0, 0.1) is 0 Å². The van der Waals surface area contributed by atoms with E-state index in [-0.39, 0.29) is 0 Å². The molecule has 1 aliphatic heterocycles. The fourth-order valence-corrected chi connectivity index (χ4v) is 3.89. The molecule has 5 nitrogen and oxygen atoms in total. The zero-order valence-corrected chi connectivity index (χ0v) is 14.8. The number of aromatic nitrogens is 1. The number of oxazole rings is 1. The van der Waals surface area contributed by atoms with Crippen molar-refractivity contribution in [3.8, 4) is 11.1 Å². The van der Waals surface area contributed by atoms with Crippen molar-refractivity contribution in [3.05, 3.63) is 48.4 Å². The number of benzene rings is 2. The van der Waals surface area contributed by atoms with E-state index in [1.54, 1.807) is 12.1 Å². The first kappa shape index (κ1) is 16.3. The number of piperidine rings is 1. The van der Waals surface area contributed by atoms with Crippen LogP contribution in [0.25, 0.3) is 22.2 Å². The van der Waals surface area contributed by atoms with Crippen molar-refractivity contribution in [1.29, 1.82) is 0 Å². The molecule has 2 heterocycles. The molecule has 2 aromatic carbocycles. The molecular formula is C19H20N2O3S. The molecule has 25 heavy (non-hydrogen) atoms. The molecule has 6 heteroatoms. The minimum absolute atomic E-state index is 0.326. The second kappa shape index (κ2) is 6.28. The highest BCUT2D eigenvalue weighted by molar-refractivity contribution is 7.90. The summed E-state index contributed by atoms with van der Waals surface area (Å²) < 4.78 is 29.1. The van der Waals surface area contributed by atoms with Crippen LogP contribution in [-0.4, -0.2) is 32.7 Å². The Labute approximate surface area is 147 Å². The lowest BCUT2D eigenvalue weighted by atomic mass is 9.98. The fraction of sp³-hybridized carbons (Fsp3) is 0.316. The second-order valence-corrected chi connectivity index (χ2v) is 8.57. The van der Waals surface area contributed by atoms with E-state index in [0.717, 1.165) is 54.0 Å². The Hall–Kier alpha value is -2.18. The van der Waals surface area contributed by atoms with Gasteiger partial charge in [0.25, 0.3) is 0 Å². The lowest BCUT2D eigenvalue weighted by molar-refractivity contribution is 0.385. The summed E-state index contributed by atoms with van der Waals surface area (Å²) in [6.45, 7) is 2.00. The highest BCUT2D eigenvalue weighted by atomic mass is 32.2. The van der Waals surface area contributed by atoms with E-state index < -0.39 is 9.84 Å². The monoisotopic (exact) mass is 356 g/mol. The summed E-state index contributed by atoms with van der Waals surface area (Å²) >= 11 is 0. The van der Waals surface area contributed by atoms with E-state index in [4.69, 9.17) is 4.42 Å². The van der Waals surface area contributed by atoms with Crippen molar-refractivity contribution in [2.45, 2.75) is 23.7 Å². The maximum absolute atomic E-state index is 11.6. The van der Waals surface area contributed by atoms with Gasteiger partial charge in [0.1, 0.15) is 5.52 Å². The van der Waals surface area contributed by atoms with Gasteiger partial charge in [0.2, 0.25) is 0 Å². The van der Waals surface area contributed by atoms with Crippen LogP contribution in [-0.2, 0) is 9.84 Å². The normalized spacial score (nSPS) is 16.4. The molecule has 0 atom stereocenters. The number of rotatable bonds is 3. The zero-order valence-electron chi connectivity index (χ0n) is 14.0. The molecule has 0 saturated carbocycles. The quantitative estimate of drug-likeness (QED) is 0.779. The summed E-state index contributed by atoms with van der Waals surface area (Å²) in [5, 5.41) is 3.35. The molecular weight excluding hydrogens is 336 g/mol.